The first kappa shape index (κ1) is 31.7. The van der Waals surface area contributed by atoms with Gasteiger partial charge in [0.15, 0.2) is 0 Å². The highest BCUT2D eigenvalue weighted by Crippen LogP contribution is 2.31. The van der Waals surface area contributed by atoms with Crippen LogP contribution in [0.4, 0.5) is 0 Å². The lowest BCUT2D eigenvalue weighted by atomic mass is 9.77. The van der Waals surface area contributed by atoms with Crippen LogP contribution in [0.5, 0.6) is 0 Å². The molecule has 0 aliphatic carbocycles. The highest BCUT2D eigenvalue weighted by Gasteiger charge is 2.41. The first-order valence-electron chi connectivity index (χ1n) is 12.6. The molecule has 1 aromatic carbocycles. The SMILES string of the molecule is CCOC(=O)C(C)=C[C@H](C(C)C)N(C)C(=O)[C@@H](NC(=O)[C@@H](N=[N+]=[N-])C(C)(C)c1ccccc1)C(C)(C)C. The smallest absolute Gasteiger partial charge is 0.333 e. The zero-order valence-corrected chi connectivity index (χ0v) is 23.9. The van der Waals surface area contributed by atoms with Crippen LogP contribution in [0, 0.1) is 11.3 Å². The van der Waals surface area contributed by atoms with E-state index in [1.807, 2.05) is 78.8 Å². The van der Waals surface area contributed by atoms with E-state index in [2.05, 4.69) is 15.3 Å². The van der Waals surface area contributed by atoms with E-state index in [9.17, 15) is 19.9 Å². The van der Waals surface area contributed by atoms with Crippen molar-refractivity contribution in [1.29, 1.82) is 0 Å². The first-order valence-corrected chi connectivity index (χ1v) is 12.6. The number of rotatable bonds is 11. The molecular formula is C28H43N5O4. The minimum atomic E-state index is -1.09. The van der Waals surface area contributed by atoms with Crippen molar-refractivity contribution in [2.24, 2.45) is 16.4 Å². The van der Waals surface area contributed by atoms with Gasteiger partial charge in [0.05, 0.1) is 12.6 Å². The summed E-state index contributed by atoms with van der Waals surface area (Å²) >= 11 is 0. The van der Waals surface area contributed by atoms with Crippen molar-refractivity contribution in [2.75, 3.05) is 13.7 Å². The van der Waals surface area contributed by atoms with E-state index in [1.165, 1.54) is 0 Å². The summed E-state index contributed by atoms with van der Waals surface area (Å²) in [7, 11) is 1.66. The first-order chi connectivity index (χ1) is 17.1. The average molecular weight is 514 g/mol. The minimum absolute atomic E-state index is 0.0115. The van der Waals surface area contributed by atoms with Gasteiger partial charge in [0.25, 0.3) is 0 Å². The minimum Gasteiger partial charge on any atom is -0.463 e. The van der Waals surface area contributed by atoms with Crippen LogP contribution in [0.3, 0.4) is 0 Å². The summed E-state index contributed by atoms with van der Waals surface area (Å²) in [6.45, 7) is 16.8. The number of likely N-dealkylation sites (N-methyl/N-ethyl adjacent to an activating group) is 1. The van der Waals surface area contributed by atoms with Crippen LogP contribution in [0.1, 0.15) is 67.9 Å². The fourth-order valence-electron chi connectivity index (χ4n) is 4.14. The molecule has 9 heteroatoms. The van der Waals surface area contributed by atoms with Gasteiger partial charge in [0.1, 0.15) is 12.1 Å². The third-order valence-electron chi connectivity index (χ3n) is 6.51. The zero-order valence-electron chi connectivity index (χ0n) is 23.9. The number of hydrogen-bond donors (Lipinski definition) is 1. The highest BCUT2D eigenvalue weighted by molar-refractivity contribution is 5.92. The second-order valence-electron chi connectivity index (χ2n) is 11.3. The van der Waals surface area contributed by atoms with Crippen molar-refractivity contribution >= 4 is 17.8 Å². The van der Waals surface area contributed by atoms with Gasteiger partial charge in [-0.2, -0.15) is 0 Å². The second-order valence-corrected chi connectivity index (χ2v) is 11.3. The number of benzene rings is 1. The van der Waals surface area contributed by atoms with E-state index in [-0.39, 0.29) is 18.4 Å². The molecule has 0 radical (unpaired) electrons. The van der Waals surface area contributed by atoms with Crippen molar-refractivity contribution < 1.29 is 19.1 Å². The van der Waals surface area contributed by atoms with Gasteiger partial charge in [-0.25, -0.2) is 4.79 Å². The second kappa shape index (κ2) is 13.3. The Bertz CT molecular complexity index is 1020. The lowest BCUT2D eigenvalue weighted by molar-refractivity contribution is -0.141. The van der Waals surface area contributed by atoms with Gasteiger partial charge in [0, 0.05) is 22.9 Å². The Kier molecular flexibility index (Phi) is 11.4. The molecule has 2 amide bonds. The Labute approximate surface area is 221 Å². The molecule has 0 heterocycles. The fourth-order valence-corrected chi connectivity index (χ4v) is 4.14. The number of hydrogen-bond acceptors (Lipinski definition) is 5. The summed E-state index contributed by atoms with van der Waals surface area (Å²) in [6, 6.07) is 6.92. The summed E-state index contributed by atoms with van der Waals surface area (Å²) in [4.78, 5) is 44.0. The van der Waals surface area contributed by atoms with E-state index in [1.54, 1.807) is 31.9 Å². The van der Waals surface area contributed by atoms with Gasteiger partial charge in [-0.15, -0.1) is 0 Å². The van der Waals surface area contributed by atoms with Crippen molar-refractivity contribution in [3.63, 3.8) is 0 Å². The Hall–Kier alpha value is -3.32. The number of ether oxygens (including phenoxy) is 1. The Morgan fingerprint density at radius 3 is 2.16 bits per heavy atom. The molecule has 0 aliphatic heterocycles. The maximum atomic E-state index is 13.8. The van der Waals surface area contributed by atoms with Crippen molar-refractivity contribution in [2.45, 2.75) is 85.9 Å². The summed E-state index contributed by atoms with van der Waals surface area (Å²) < 4.78 is 5.09. The molecule has 0 bridgehead atoms. The Morgan fingerprint density at radius 2 is 1.70 bits per heavy atom. The molecule has 1 N–H and O–H groups in total. The zero-order chi connectivity index (χ0) is 28.6. The molecule has 0 saturated carbocycles. The van der Waals surface area contributed by atoms with E-state index < -0.39 is 40.8 Å². The molecule has 0 unspecified atom stereocenters. The summed E-state index contributed by atoms with van der Waals surface area (Å²) in [5.74, 6) is -1.30. The molecule has 0 aromatic heterocycles. The quantitative estimate of drug-likeness (QED) is 0.144. The average Bonchev–Trinajstić information content (AvgIpc) is 2.82. The van der Waals surface area contributed by atoms with Crippen LogP contribution >= 0.6 is 0 Å². The van der Waals surface area contributed by atoms with Gasteiger partial charge in [-0.1, -0.05) is 90.0 Å². The monoisotopic (exact) mass is 513 g/mol. The van der Waals surface area contributed by atoms with Crippen molar-refractivity contribution in [3.05, 3.63) is 58.0 Å². The van der Waals surface area contributed by atoms with Crippen LogP contribution in [0.2, 0.25) is 0 Å². The third-order valence-corrected chi connectivity index (χ3v) is 6.51. The van der Waals surface area contributed by atoms with Crippen LogP contribution in [0.25, 0.3) is 10.4 Å². The van der Waals surface area contributed by atoms with Gasteiger partial charge < -0.3 is 15.0 Å². The predicted molar refractivity (Wildman–Crippen MR) is 146 cm³/mol. The number of carbonyl (C=O) groups is 3. The Morgan fingerprint density at radius 1 is 1.14 bits per heavy atom. The van der Waals surface area contributed by atoms with E-state index in [4.69, 9.17) is 4.74 Å². The van der Waals surface area contributed by atoms with E-state index in [0.29, 0.717) is 5.57 Å². The molecule has 1 rings (SSSR count). The molecule has 1 aromatic rings. The predicted octanol–water partition coefficient (Wildman–Crippen LogP) is 5.17. The molecule has 0 spiro atoms. The topological polar surface area (TPSA) is 124 Å². The maximum Gasteiger partial charge on any atom is 0.333 e. The van der Waals surface area contributed by atoms with Gasteiger partial charge in [-0.3, -0.25) is 9.59 Å². The normalized spacial score (nSPS) is 14.7. The van der Waals surface area contributed by atoms with Gasteiger partial charge in [-0.05, 0) is 36.3 Å². The molecule has 37 heavy (non-hydrogen) atoms. The summed E-state index contributed by atoms with van der Waals surface area (Å²) in [6.07, 6.45) is 1.73. The maximum absolute atomic E-state index is 13.8. The molecule has 9 nitrogen and oxygen atoms in total. The molecule has 3 atom stereocenters. The van der Waals surface area contributed by atoms with Crippen LogP contribution < -0.4 is 5.32 Å². The molecule has 0 aliphatic rings. The molecule has 204 valence electrons. The third kappa shape index (κ3) is 8.35. The number of carbonyl (C=O) groups excluding carboxylic acids is 3. The van der Waals surface area contributed by atoms with Crippen molar-refractivity contribution in [1.82, 2.24) is 10.2 Å². The molecular weight excluding hydrogens is 470 g/mol. The fraction of sp³-hybridized carbons (Fsp3) is 0.607. The largest absolute Gasteiger partial charge is 0.463 e. The van der Waals surface area contributed by atoms with Crippen LogP contribution in [-0.4, -0.2) is 54.5 Å². The number of esters is 1. The number of amides is 2. The lowest BCUT2D eigenvalue weighted by Gasteiger charge is -2.39. The number of azide groups is 1. The summed E-state index contributed by atoms with van der Waals surface area (Å²) in [5.41, 5.74) is 9.01. The van der Waals surface area contributed by atoms with E-state index >= 15 is 0 Å². The van der Waals surface area contributed by atoms with Crippen molar-refractivity contribution in [3.8, 4) is 0 Å². The lowest BCUT2D eigenvalue weighted by Crippen LogP contribution is -2.59. The Balaban J connectivity index is 3.36. The van der Waals surface area contributed by atoms with Gasteiger partial charge >= 0.3 is 5.97 Å². The van der Waals surface area contributed by atoms with Crippen LogP contribution in [0.15, 0.2) is 47.1 Å². The standard InChI is InChI=1S/C28H43N5O4/c1-11-37-26(36)19(4)17-21(18(2)3)33(10)25(35)23(27(5,6)7)30-24(34)22(31-32-29)28(8,9)20-15-13-12-14-16-20/h12-18,21-23H,11H2,1-10H3,(H,30,34)/t21-,22-,23-/m1/s1. The van der Waals surface area contributed by atoms with Crippen LogP contribution in [-0.2, 0) is 24.5 Å². The summed E-state index contributed by atoms with van der Waals surface area (Å²) in [5, 5.41) is 6.72. The number of nitrogens with zero attached hydrogens (tertiary/aromatic N) is 4. The van der Waals surface area contributed by atoms with Gasteiger partial charge in [0.2, 0.25) is 11.8 Å². The molecule has 0 saturated heterocycles. The van der Waals surface area contributed by atoms with E-state index in [0.717, 1.165) is 5.56 Å². The number of nitrogens with one attached hydrogen (secondary N) is 1. The highest BCUT2D eigenvalue weighted by atomic mass is 16.5. The molecule has 0 fully saturated rings.